The molecule has 0 bridgehead atoms. The molecule has 5 nitrogen and oxygen atoms in total. The van der Waals surface area contributed by atoms with Crippen LogP contribution in [0, 0.1) is 5.41 Å². The zero-order chi connectivity index (χ0) is 14.6. The molecule has 0 heterocycles. The number of ether oxygens (including phenoxy) is 1. The van der Waals surface area contributed by atoms with Gasteiger partial charge in [0.15, 0.2) is 0 Å². The molecular weight excluding hydrogens is 285 g/mol. The summed E-state index contributed by atoms with van der Waals surface area (Å²) in [4.78, 5) is 11.5. The first-order chi connectivity index (χ1) is 9.39. The quantitative estimate of drug-likeness (QED) is 0.816. The maximum atomic E-state index is 12.6. The van der Waals surface area contributed by atoms with Crippen molar-refractivity contribution in [3.05, 3.63) is 35.9 Å². The predicted octanol–water partition coefficient (Wildman–Crippen LogP) is 1.99. The fourth-order valence-electron chi connectivity index (χ4n) is 1.95. The Morgan fingerprint density at radius 2 is 1.95 bits per heavy atom. The van der Waals surface area contributed by atoms with Gasteiger partial charge in [-0.1, -0.05) is 30.3 Å². The van der Waals surface area contributed by atoms with Crippen LogP contribution in [0.3, 0.4) is 0 Å². The van der Waals surface area contributed by atoms with E-state index in [9.17, 15) is 17.1 Å². The van der Waals surface area contributed by atoms with Crippen molar-refractivity contribution in [3.8, 4) is 0 Å². The minimum Gasteiger partial charge on any atom is -0.445 e. The van der Waals surface area contributed by atoms with Gasteiger partial charge in [-0.15, -0.1) is 3.89 Å². The predicted molar refractivity (Wildman–Crippen MR) is 71.2 cm³/mol. The molecule has 110 valence electrons. The van der Waals surface area contributed by atoms with E-state index >= 15 is 0 Å². The number of hydrogen-bond acceptors (Lipinski definition) is 4. The van der Waals surface area contributed by atoms with E-state index in [1.165, 1.54) is 0 Å². The molecule has 0 atom stereocenters. The first kappa shape index (κ1) is 14.8. The molecule has 1 aromatic carbocycles. The molecule has 1 amide bonds. The van der Waals surface area contributed by atoms with Crippen LogP contribution in [0.5, 0.6) is 0 Å². The van der Waals surface area contributed by atoms with Gasteiger partial charge >= 0.3 is 16.3 Å². The van der Waals surface area contributed by atoms with Crippen molar-refractivity contribution in [2.24, 2.45) is 5.41 Å². The molecule has 1 saturated carbocycles. The first-order valence-corrected chi connectivity index (χ1v) is 7.81. The fraction of sp³-hybridized carbons (Fsp3) is 0.462. The molecule has 0 aliphatic heterocycles. The number of rotatable bonds is 6. The smallest absolute Gasteiger partial charge is 0.407 e. The molecule has 0 saturated heterocycles. The molecule has 20 heavy (non-hydrogen) atoms. The van der Waals surface area contributed by atoms with E-state index in [1.54, 1.807) is 0 Å². The summed E-state index contributed by atoms with van der Waals surface area (Å²) in [6.07, 6.45) is 0.556. The number of carbonyl (C=O) groups excluding carboxylic acids is 1. The van der Waals surface area contributed by atoms with Gasteiger partial charge in [0, 0.05) is 12.0 Å². The summed E-state index contributed by atoms with van der Waals surface area (Å²) >= 11 is 0. The molecule has 1 fully saturated rings. The lowest BCUT2D eigenvalue weighted by molar-refractivity contribution is 0.138. The Labute approximate surface area is 117 Å². The summed E-state index contributed by atoms with van der Waals surface area (Å²) in [6, 6.07) is 9.18. The fourth-order valence-corrected chi connectivity index (χ4v) is 3.07. The molecule has 7 heteroatoms. The summed E-state index contributed by atoms with van der Waals surface area (Å²) in [6.45, 7) is 0.255. The summed E-state index contributed by atoms with van der Waals surface area (Å²) in [5, 5.41) is 2.49. The minimum atomic E-state index is -4.51. The monoisotopic (exact) mass is 301 g/mol. The highest BCUT2D eigenvalue weighted by molar-refractivity contribution is 7.86. The Morgan fingerprint density at radius 3 is 2.50 bits per heavy atom. The van der Waals surface area contributed by atoms with Crippen LogP contribution in [0.4, 0.5) is 8.68 Å². The van der Waals surface area contributed by atoms with Gasteiger partial charge in [0.05, 0.1) is 5.75 Å². The van der Waals surface area contributed by atoms with E-state index in [1.807, 2.05) is 30.3 Å². The number of halogens is 1. The SMILES string of the molecule is O=C(NCC1(CS(=O)(=O)F)CC1)OCc1ccccc1. The number of nitrogens with one attached hydrogen (secondary N) is 1. The maximum absolute atomic E-state index is 12.6. The van der Waals surface area contributed by atoms with Crippen LogP contribution in [0.25, 0.3) is 0 Å². The minimum absolute atomic E-state index is 0.115. The highest BCUT2D eigenvalue weighted by atomic mass is 32.3. The van der Waals surface area contributed by atoms with Gasteiger partial charge in [0.1, 0.15) is 6.61 Å². The van der Waals surface area contributed by atoms with Gasteiger partial charge in [-0.3, -0.25) is 0 Å². The average Bonchev–Trinajstić information content (AvgIpc) is 3.13. The molecular formula is C13H16FNO4S. The van der Waals surface area contributed by atoms with Crippen LogP contribution in [-0.2, 0) is 21.6 Å². The molecule has 1 aliphatic rings. The summed E-state index contributed by atoms with van der Waals surface area (Å²) in [5.74, 6) is -0.543. The largest absolute Gasteiger partial charge is 0.445 e. The molecule has 1 aromatic rings. The van der Waals surface area contributed by atoms with Crippen LogP contribution in [0.1, 0.15) is 18.4 Å². The second-order valence-corrected chi connectivity index (χ2v) is 6.46. The molecule has 0 unspecified atom stereocenters. The van der Waals surface area contributed by atoms with Crippen molar-refractivity contribution in [2.45, 2.75) is 19.4 Å². The van der Waals surface area contributed by atoms with Gasteiger partial charge in [-0.25, -0.2) is 4.79 Å². The van der Waals surface area contributed by atoms with E-state index < -0.39 is 27.5 Å². The normalized spacial score (nSPS) is 16.4. The highest BCUT2D eigenvalue weighted by Crippen LogP contribution is 2.46. The Kier molecular flexibility index (Phi) is 4.27. The van der Waals surface area contributed by atoms with Crippen LogP contribution in [-0.4, -0.2) is 26.8 Å². The zero-order valence-electron chi connectivity index (χ0n) is 10.8. The van der Waals surface area contributed by atoms with Gasteiger partial charge in [-0.05, 0) is 18.4 Å². The molecule has 1 N–H and O–H groups in total. The Hall–Kier alpha value is -1.63. The third-order valence-electron chi connectivity index (χ3n) is 3.26. The lowest BCUT2D eigenvalue weighted by atomic mass is 10.1. The molecule has 0 radical (unpaired) electrons. The third kappa shape index (κ3) is 4.80. The Balaban J connectivity index is 1.73. The van der Waals surface area contributed by atoms with Crippen molar-refractivity contribution in [3.63, 3.8) is 0 Å². The zero-order valence-corrected chi connectivity index (χ0v) is 11.7. The third-order valence-corrected chi connectivity index (χ3v) is 4.21. The van der Waals surface area contributed by atoms with Gasteiger partial charge < -0.3 is 10.1 Å². The standard InChI is InChI=1S/C13H16FNO4S/c14-20(17,18)10-13(6-7-13)9-15-12(16)19-8-11-4-2-1-3-5-11/h1-5H,6-10H2,(H,15,16). The van der Waals surface area contributed by atoms with Gasteiger partial charge in [0.25, 0.3) is 0 Å². The highest BCUT2D eigenvalue weighted by Gasteiger charge is 2.46. The van der Waals surface area contributed by atoms with Crippen molar-refractivity contribution in [1.29, 1.82) is 0 Å². The van der Waals surface area contributed by atoms with Gasteiger partial charge in [0.2, 0.25) is 0 Å². The maximum Gasteiger partial charge on any atom is 0.407 e. The number of alkyl carbamates (subject to hydrolysis) is 1. The number of amides is 1. The summed E-state index contributed by atoms with van der Waals surface area (Å²) in [5.41, 5.74) is 0.203. The molecule has 2 rings (SSSR count). The number of hydrogen-bond donors (Lipinski definition) is 1. The first-order valence-electron chi connectivity index (χ1n) is 6.26. The number of benzene rings is 1. The lowest BCUT2D eigenvalue weighted by Gasteiger charge is -2.13. The van der Waals surface area contributed by atoms with Crippen LogP contribution in [0.15, 0.2) is 30.3 Å². The van der Waals surface area contributed by atoms with Gasteiger partial charge in [-0.2, -0.15) is 8.42 Å². The van der Waals surface area contributed by atoms with E-state index in [4.69, 9.17) is 4.74 Å². The second kappa shape index (κ2) is 5.78. The van der Waals surface area contributed by atoms with E-state index in [0.29, 0.717) is 12.8 Å². The summed E-state index contributed by atoms with van der Waals surface area (Å²) < 4.78 is 38.9. The van der Waals surface area contributed by atoms with Crippen molar-refractivity contribution in [1.82, 2.24) is 5.32 Å². The van der Waals surface area contributed by atoms with Crippen LogP contribution in [0.2, 0.25) is 0 Å². The van der Waals surface area contributed by atoms with Crippen molar-refractivity contribution in [2.75, 3.05) is 12.3 Å². The molecule has 0 spiro atoms. The van der Waals surface area contributed by atoms with Crippen LogP contribution < -0.4 is 5.32 Å². The van der Waals surface area contributed by atoms with Crippen molar-refractivity contribution >= 4 is 16.3 Å². The average molecular weight is 301 g/mol. The molecule has 1 aliphatic carbocycles. The lowest BCUT2D eigenvalue weighted by Crippen LogP contribution is -2.33. The van der Waals surface area contributed by atoms with Crippen LogP contribution >= 0.6 is 0 Å². The van der Waals surface area contributed by atoms with E-state index in [0.717, 1.165) is 5.56 Å². The number of carbonyl (C=O) groups is 1. The van der Waals surface area contributed by atoms with E-state index in [2.05, 4.69) is 5.32 Å². The summed E-state index contributed by atoms with van der Waals surface area (Å²) in [7, 11) is -4.51. The van der Waals surface area contributed by atoms with E-state index in [-0.39, 0.29) is 13.2 Å². The topological polar surface area (TPSA) is 72.5 Å². The van der Waals surface area contributed by atoms with Crippen molar-refractivity contribution < 1.29 is 21.8 Å². The second-order valence-electron chi connectivity index (χ2n) is 5.10. The molecule has 0 aromatic heterocycles. The Morgan fingerprint density at radius 1 is 1.30 bits per heavy atom. The Bertz CT molecular complexity index is 569.